The highest BCUT2D eigenvalue weighted by Crippen LogP contribution is 2.50. The number of rotatable bonds is 3. The molecule has 1 aromatic carbocycles. The van der Waals surface area contributed by atoms with Crippen molar-refractivity contribution in [2.75, 3.05) is 0 Å². The minimum Gasteiger partial charge on any atom is -0.503 e. The van der Waals surface area contributed by atoms with E-state index >= 15 is 0 Å². The van der Waals surface area contributed by atoms with Crippen LogP contribution in [-0.2, 0) is 13.1 Å². The molecule has 0 spiro atoms. The van der Waals surface area contributed by atoms with Crippen molar-refractivity contribution in [2.24, 2.45) is 5.41 Å². The number of halogens is 2. The number of carbonyl (C=O) groups is 2. The van der Waals surface area contributed by atoms with Gasteiger partial charge in [-0.1, -0.05) is 18.9 Å². The van der Waals surface area contributed by atoms with Crippen LogP contribution in [0.4, 0.5) is 8.78 Å². The number of pyridine rings is 1. The van der Waals surface area contributed by atoms with Crippen molar-refractivity contribution < 1.29 is 28.6 Å². The number of amides is 1. The molecule has 164 valence electrons. The number of nitrogens with zero attached hydrogens (tertiary/aromatic N) is 1. The Kier molecular flexibility index (Phi) is 4.96. The first-order valence-corrected chi connectivity index (χ1v) is 10.0. The van der Waals surface area contributed by atoms with E-state index in [1.54, 1.807) is 6.92 Å². The molecule has 0 bridgehead atoms. The Morgan fingerprint density at radius 1 is 1.23 bits per heavy atom. The molecular formula is C22H22F2N2O5. The summed E-state index contributed by atoms with van der Waals surface area (Å²) in [6.07, 6.45) is 3.43. The Morgan fingerprint density at radius 2 is 1.94 bits per heavy atom. The fraction of sp³-hybridized carbons (Fsp3) is 0.409. The molecule has 2 aliphatic rings. The molecule has 2 atom stereocenters. The molecule has 3 N–H and O–H groups in total. The second kappa shape index (κ2) is 7.26. The fourth-order valence-electron chi connectivity index (χ4n) is 4.64. The van der Waals surface area contributed by atoms with Gasteiger partial charge < -0.3 is 20.1 Å². The summed E-state index contributed by atoms with van der Waals surface area (Å²) in [5.41, 5.74) is -4.17. The quantitative estimate of drug-likeness (QED) is 0.690. The van der Waals surface area contributed by atoms with Crippen LogP contribution in [0.1, 0.15) is 59.0 Å². The second-order valence-corrected chi connectivity index (χ2v) is 8.52. The predicted octanol–water partition coefficient (Wildman–Crippen LogP) is 2.27. The lowest BCUT2D eigenvalue weighted by Crippen LogP contribution is -2.60. The maximum absolute atomic E-state index is 13.8. The smallest absolute Gasteiger partial charge is 0.257 e. The Bertz CT molecular complexity index is 1160. The zero-order valence-corrected chi connectivity index (χ0v) is 16.9. The number of Topliss-reactive ketones (excluding diaryl/α,β-unsaturated/α-hetero) is 1. The first-order valence-electron chi connectivity index (χ1n) is 10.0. The van der Waals surface area contributed by atoms with Gasteiger partial charge >= 0.3 is 0 Å². The number of aromatic nitrogens is 1. The molecule has 1 amide bonds. The highest BCUT2D eigenvalue weighted by molar-refractivity contribution is 6.04. The summed E-state index contributed by atoms with van der Waals surface area (Å²) in [6.45, 7) is 1.28. The van der Waals surface area contributed by atoms with Crippen LogP contribution in [0.3, 0.4) is 0 Å². The third-order valence-corrected chi connectivity index (χ3v) is 6.65. The highest BCUT2D eigenvalue weighted by atomic mass is 19.1. The minimum atomic E-state index is -1.36. The first kappa shape index (κ1) is 21.2. The van der Waals surface area contributed by atoms with Gasteiger partial charge in [0.15, 0.2) is 11.5 Å². The van der Waals surface area contributed by atoms with E-state index in [-0.39, 0.29) is 24.3 Å². The third-order valence-electron chi connectivity index (χ3n) is 6.65. The van der Waals surface area contributed by atoms with E-state index in [1.807, 2.05) is 0 Å². The summed E-state index contributed by atoms with van der Waals surface area (Å²) in [6, 6.07) is 2.88. The van der Waals surface area contributed by atoms with Gasteiger partial charge in [0.25, 0.3) is 5.91 Å². The Labute approximate surface area is 176 Å². The zero-order valence-electron chi connectivity index (χ0n) is 16.9. The van der Waals surface area contributed by atoms with Gasteiger partial charge in [-0.15, -0.1) is 0 Å². The van der Waals surface area contributed by atoms with Gasteiger partial charge in [0, 0.05) is 24.4 Å². The summed E-state index contributed by atoms with van der Waals surface area (Å²) in [4.78, 5) is 38.4. The van der Waals surface area contributed by atoms with Gasteiger partial charge in [-0.2, -0.15) is 0 Å². The maximum atomic E-state index is 13.8. The lowest BCUT2D eigenvalue weighted by molar-refractivity contribution is -0.104. The average molecular weight is 432 g/mol. The molecule has 4 rings (SSSR count). The molecule has 1 unspecified atom stereocenters. The van der Waals surface area contributed by atoms with Gasteiger partial charge in [-0.05, 0) is 25.8 Å². The SMILES string of the molecule is CC12CCCC[C@@]1(O)Cn1cc(C(=O)NCc3ccc(F)cc3F)c(=O)c(O)c1C2=O. The van der Waals surface area contributed by atoms with Crippen LogP contribution in [0.15, 0.2) is 29.2 Å². The predicted molar refractivity (Wildman–Crippen MR) is 106 cm³/mol. The summed E-state index contributed by atoms with van der Waals surface area (Å²) in [5.74, 6) is -3.89. The van der Waals surface area contributed by atoms with Crippen LogP contribution in [-0.4, -0.2) is 32.1 Å². The number of fused-ring (bicyclic) bond motifs is 2. The van der Waals surface area contributed by atoms with Gasteiger partial charge in [-0.25, -0.2) is 8.78 Å². The van der Waals surface area contributed by atoms with E-state index in [0.29, 0.717) is 18.9 Å². The van der Waals surface area contributed by atoms with Crippen molar-refractivity contribution in [1.29, 1.82) is 0 Å². The number of aliphatic hydroxyl groups is 1. The molecule has 7 nitrogen and oxygen atoms in total. The molecule has 9 heteroatoms. The van der Waals surface area contributed by atoms with Crippen molar-refractivity contribution >= 4 is 11.7 Å². The van der Waals surface area contributed by atoms with Crippen molar-refractivity contribution in [1.82, 2.24) is 9.88 Å². The van der Waals surface area contributed by atoms with Crippen LogP contribution in [0.25, 0.3) is 0 Å². The van der Waals surface area contributed by atoms with Crippen molar-refractivity contribution in [2.45, 2.75) is 51.3 Å². The minimum absolute atomic E-state index is 0.0134. The normalized spacial score (nSPS) is 25.0. The highest BCUT2D eigenvalue weighted by Gasteiger charge is 2.57. The van der Waals surface area contributed by atoms with Gasteiger partial charge in [0.05, 0.1) is 17.6 Å². The molecule has 0 saturated heterocycles. The molecule has 2 aromatic rings. The van der Waals surface area contributed by atoms with Crippen LogP contribution >= 0.6 is 0 Å². The standard InChI is InChI=1S/C22H22F2N2O5/c1-21-6-2-3-7-22(21,31)11-26-10-14(17(27)18(28)16(26)19(21)29)20(30)25-9-12-4-5-13(23)8-15(12)24/h4-5,8,10,28,31H,2-3,6-7,9,11H2,1H3,(H,25,30)/t21?,22-/m1/s1. The largest absolute Gasteiger partial charge is 0.503 e. The molecule has 31 heavy (non-hydrogen) atoms. The van der Waals surface area contributed by atoms with E-state index in [9.17, 15) is 33.4 Å². The van der Waals surface area contributed by atoms with E-state index in [2.05, 4.69) is 5.32 Å². The van der Waals surface area contributed by atoms with Gasteiger partial charge in [-0.3, -0.25) is 14.4 Å². The van der Waals surface area contributed by atoms with Crippen molar-refractivity contribution in [3.63, 3.8) is 0 Å². The summed E-state index contributed by atoms with van der Waals surface area (Å²) in [7, 11) is 0. The summed E-state index contributed by atoms with van der Waals surface area (Å²) >= 11 is 0. The third kappa shape index (κ3) is 3.23. The lowest BCUT2D eigenvalue weighted by Gasteiger charge is -2.51. The molecule has 1 aliphatic heterocycles. The Hall–Kier alpha value is -3.07. The first-order chi connectivity index (χ1) is 14.6. The van der Waals surface area contributed by atoms with Crippen LogP contribution in [0.2, 0.25) is 0 Å². The fourth-order valence-corrected chi connectivity index (χ4v) is 4.64. The van der Waals surface area contributed by atoms with Gasteiger partial charge in [0.1, 0.15) is 22.9 Å². The number of nitrogens with one attached hydrogen (secondary N) is 1. The van der Waals surface area contributed by atoms with Crippen molar-refractivity contribution in [3.8, 4) is 5.75 Å². The molecule has 1 saturated carbocycles. The topological polar surface area (TPSA) is 109 Å². The van der Waals surface area contributed by atoms with E-state index in [0.717, 1.165) is 25.1 Å². The number of benzene rings is 1. The summed E-state index contributed by atoms with van der Waals surface area (Å²) < 4.78 is 28.1. The molecular weight excluding hydrogens is 410 g/mol. The van der Waals surface area contributed by atoms with Crippen molar-refractivity contribution in [3.05, 3.63) is 63.1 Å². The van der Waals surface area contributed by atoms with E-state index in [4.69, 9.17) is 0 Å². The lowest BCUT2D eigenvalue weighted by atomic mass is 9.59. The van der Waals surface area contributed by atoms with E-state index < -0.39 is 51.1 Å². The number of aromatic hydroxyl groups is 1. The van der Waals surface area contributed by atoms with Gasteiger partial charge in [0.2, 0.25) is 5.43 Å². The average Bonchev–Trinajstić information content (AvgIpc) is 2.71. The summed E-state index contributed by atoms with van der Waals surface area (Å²) in [5, 5.41) is 24.0. The Balaban J connectivity index is 1.68. The van der Waals surface area contributed by atoms with Crippen LogP contribution in [0.5, 0.6) is 5.75 Å². The number of carbonyl (C=O) groups excluding carboxylic acids is 2. The Morgan fingerprint density at radius 3 is 2.65 bits per heavy atom. The van der Waals surface area contributed by atoms with Crippen LogP contribution in [0, 0.1) is 17.0 Å². The number of hydrogen-bond acceptors (Lipinski definition) is 5. The zero-order chi connectivity index (χ0) is 22.6. The maximum Gasteiger partial charge on any atom is 0.257 e. The van der Waals surface area contributed by atoms with E-state index in [1.165, 1.54) is 10.6 Å². The molecule has 1 aromatic heterocycles. The molecule has 2 heterocycles. The number of ketones is 1. The molecule has 1 aliphatic carbocycles. The number of hydrogen-bond donors (Lipinski definition) is 3. The monoisotopic (exact) mass is 432 g/mol. The second-order valence-electron chi connectivity index (χ2n) is 8.52. The van der Waals surface area contributed by atoms with Crippen LogP contribution < -0.4 is 10.7 Å². The molecule has 0 radical (unpaired) electrons. The molecule has 1 fully saturated rings.